The molecule has 5 nitrogen and oxygen atoms in total. The van der Waals surface area contributed by atoms with Gasteiger partial charge in [0.05, 0.1) is 11.9 Å². The monoisotopic (exact) mass is 357 g/mol. The number of nitrogens with two attached hydrogens (primary N) is 1. The molecule has 1 aromatic carbocycles. The van der Waals surface area contributed by atoms with E-state index < -0.39 is 0 Å². The minimum atomic E-state index is 0.130. The largest absolute Gasteiger partial charge is 0.399 e. The maximum absolute atomic E-state index is 6.06. The molecule has 3 rings (SSSR count). The number of halogens is 2. The Hall–Kier alpha value is -2.63. The molecule has 0 spiro atoms. The lowest BCUT2D eigenvalue weighted by atomic mass is 10.1. The van der Waals surface area contributed by atoms with Gasteiger partial charge in [-0.1, -0.05) is 29.8 Å². The molecule has 24 heavy (non-hydrogen) atoms. The van der Waals surface area contributed by atoms with Gasteiger partial charge in [-0.05, 0) is 47.5 Å². The SMILES string of the molecule is Nc1ccnc(/C=C\c2cccc(Nc3nc(Cl)ncc3Cl)c2)c1. The molecule has 0 aliphatic heterocycles. The molecule has 0 fully saturated rings. The summed E-state index contributed by atoms with van der Waals surface area (Å²) in [6.45, 7) is 0. The number of hydrogen-bond acceptors (Lipinski definition) is 5. The number of hydrogen-bond donors (Lipinski definition) is 2. The zero-order valence-electron chi connectivity index (χ0n) is 12.4. The fraction of sp³-hybridized carbons (Fsp3) is 0. The van der Waals surface area contributed by atoms with E-state index >= 15 is 0 Å². The minimum absolute atomic E-state index is 0.130. The molecule has 3 N–H and O–H groups in total. The smallest absolute Gasteiger partial charge is 0.224 e. The summed E-state index contributed by atoms with van der Waals surface area (Å²) in [5.41, 5.74) is 9.03. The van der Waals surface area contributed by atoms with Gasteiger partial charge in [-0.25, -0.2) is 4.98 Å². The van der Waals surface area contributed by atoms with Gasteiger partial charge < -0.3 is 11.1 Å². The molecule has 0 radical (unpaired) electrons. The number of nitrogens with one attached hydrogen (secondary N) is 1. The molecule has 0 bridgehead atoms. The van der Waals surface area contributed by atoms with Gasteiger partial charge in [-0.3, -0.25) is 4.98 Å². The average molecular weight is 358 g/mol. The summed E-state index contributed by atoms with van der Waals surface area (Å²) in [7, 11) is 0. The summed E-state index contributed by atoms with van der Waals surface area (Å²) >= 11 is 11.9. The van der Waals surface area contributed by atoms with Crippen molar-refractivity contribution in [2.45, 2.75) is 0 Å². The van der Waals surface area contributed by atoms with Gasteiger partial charge in [0.15, 0.2) is 5.82 Å². The molecule has 0 saturated carbocycles. The van der Waals surface area contributed by atoms with E-state index in [9.17, 15) is 0 Å². The molecular weight excluding hydrogens is 345 g/mol. The van der Waals surface area contributed by atoms with Gasteiger partial charge in [-0.15, -0.1) is 0 Å². The van der Waals surface area contributed by atoms with E-state index in [2.05, 4.69) is 20.3 Å². The topological polar surface area (TPSA) is 76.7 Å². The first-order valence-corrected chi connectivity index (χ1v) is 7.80. The fourth-order valence-corrected chi connectivity index (χ4v) is 2.30. The number of aromatic nitrogens is 3. The van der Waals surface area contributed by atoms with Crippen molar-refractivity contribution in [2.24, 2.45) is 0 Å². The second-order valence-corrected chi connectivity index (χ2v) is 5.68. The van der Waals surface area contributed by atoms with E-state index in [4.69, 9.17) is 28.9 Å². The highest BCUT2D eigenvalue weighted by molar-refractivity contribution is 6.33. The van der Waals surface area contributed by atoms with Gasteiger partial charge in [0.25, 0.3) is 0 Å². The van der Waals surface area contributed by atoms with Crippen LogP contribution in [-0.2, 0) is 0 Å². The standard InChI is InChI=1S/C17H13Cl2N5/c18-15-10-22-17(19)24-16(15)23-14-3-1-2-11(8-14)4-5-13-9-12(20)6-7-21-13/h1-10H,(H2,20,21)(H,22,23,24)/b5-4-. The predicted octanol–water partition coefficient (Wildman–Crippen LogP) is 4.67. The zero-order valence-corrected chi connectivity index (χ0v) is 14.0. The molecule has 0 aliphatic carbocycles. The Morgan fingerprint density at radius 3 is 2.75 bits per heavy atom. The van der Waals surface area contributed by atoms with Crippen LogP contribution in [0.5, 0.6) is 0 Å². The second-order valence-electron chi connectivity index (χ2n) is 4.93. The Kier molecular flexibility index (Phi) is 4.93. The van der Waals surface area contributed by atoms with Crippen LogP contribution in [0.1, 0.15) is 11.3 Å². The molecule has 2 heterocycles. The molecule has 0 aliphatic rings. The van der Waals surface area contributed by atoms with Crippen molar-refractivity contribution >= 4 is 52.5 Å². The highest BCUT2D eigenvalue weighted by atomic mass is 35.5. The summed E-state index contributed by atoms with van der Waals surface area (Å²) in [6.07, 6.45) is 6.97. The summed E-state index contributed by atoms with van der Waals surface area (Å²) in [5.74, 6) is 0.454. The first kappa shape index (κ1) is 16.2. The third-order valence-corrected chi connectivity index (χ3v) is 3.57. The quantitative estimate of drug-likeness (QED) is 0.663. The third kappa shape index (κ3) is 4.22. The molecule has 3 aromatic rings. The Bertz CT molecular complexity index is 896. The lowest BCUT2D eigenvalue weighted by molar-refractivity contribution is 1.17. The maximum Gasteiger partial charge on any atom is 0.224 e. The number of nitrogen functional groups attached to an aromatic ring is 1. The Labute approximate surface area is 149 Å². The van der Waals surface area contributed by atoms with Gasteiger partial charge in [-0.2, -0.15) is 4.98 Å². The van der Waals surface area contributed by atoms with Crippen LogP contribution in [0.3, 0.4) is 0 Å². The van der Waals surface area contributed by atoms with E-state index in [1.807, 2.05) is 36.4 Å². The van der Waals surface area contributed by atoms with Crippen molar-refractivity contribution in [3.63, 3.8) is 0 Å². The fourth-order valence-electron chi connectivity index (χ4n) is 2.03. The van der Waals surface area contributed by atoms with Gasteiger partial charge >= 0.3 is 0 Å². The predicted molar refractivity (Wildman–Crippen MR) is 99.4 cm³/mol. The van der Waals surface area contributed by atoms with Crippen molar-refractivity contribution in [1.82, 2.24) is 15.0 Å². The van der Waals surface area contributed by atoms with Crippen LogP contribution in [0, 0.1) is 0 Å². The number of benzene rings is 1. The molecule has 2 aromatic heterocycles. The Balaban J connectivity index is 1.80. The van der Waals surface area contributed by atoms with Crippen LogP contribution in [0.4, 0.5) is 17.2 Å². The molecule has 0 unspecified atom stereocenters. The molecule has 0 atom stereocenters. The first-order valence-electron chi connectivity index (χ1n) is 7.05. The van der Waals surface area contributed by atoms with E-state index in [-0.39, 0.29) is 5.28 Å². The number of pyridine rings is 1. The maximum atomic E-state index is 6.06. The van der Waals surface area contributed by atoms with E-state index in [0.717, 1.165) is 16.9 Å². The van der Waals surface area contributed by atoms with Crippen molar-refractivity contribution < 1.29 is 0 Å². The number of anilines is 3. The Morgan fingerprint density at radius 2 is 1.92 bits per heavy atom. The average Bonchev–Trinajstić information content (AvgIpc) is 2.57. The lowest BCUT2D eigenvalue weighted by Crippen LogP contribution is -1.96. The lowest BCUT2D eigenvalue weighted by Gasteiger charge is -2.08. The minimum Gasteiger partial charge on any atom is -0.399 e. The van der Waals surface area contributed by atoms with Gasteiger partial charge in [0.2, 0.25) is 5.28 Å². The third-order valence-electron chi connectivity index (χ3n) is 3.12. The molecular formula is C17H13Cl2N5. The first-order chi connectivity index (χ1) is 11.6. The highest BCUT2D eigenvalue weighted by Crippen LogP contribution is 2.24. The van der Waals surface area contributed by atoms with E-state index in [1.54, 1.807) is 18.3 Å². The van der Waals surface area contributed by atoms with Crippen LogP contribution in [-0.4, -0.2) is 15.0 Å². The summed E-state index contributed by atoms with van der Waals surface area (Å²) in [4.78, 5) is 12.1. The van der Waals surface area contributed by atoms with Crippen molar-refractivity contribution in [1.29, 1.82) is 0 Å². The molecule has 120 valence electrons. The van der Waals surface area contributed by atoms with Crippen LogP contribution < -0.4 is 11.1 Å². The molecule has 7 heteroatoms. The normalized spacial score (nSPS) is 10.9. The summed E-state index contributed by atoms with van der Waals surface area (Å²) in [6, 6.07) is 11.3. The zero-order chi connectivity index (χ0) is 16.9. The van der Waals surface area contributed by atoms with Crippen LogP contribution in [0.2, 0.25) is 10.3 Å². The van der Waals surface area contributed by atoms with Crippen LogP contribution in [0.25, 0.3) is 12.2 Å². The van der Waals surface area contributed by atoms with E-state index in [0.29, 0.717) is 16.5 Å². The van der Waals surface area contributed by atoms with Gasteiger partial charge in [0, 0.05) is 17.6 Å². The Morgan fingerprint density at radius 1 is 1.04 bits per heavy atom. The van der Waals surface area contributed by atoms with Crippen molar-refractivity contribution in [2.75, 3.05) is 11.1 Å². The van der Waals surface area contributed by atoms with Gasteiger partial charge in [0.1, 0.15) is 5.02 Å². The summed E-state index contributed by atoms with van der Waals surface area (Å²) in [5, 5.41) is 3.65. The van der Waals surface area contributed by atoms with E-state index in [1.165, 1.54) is 6.20 Å². The molecule has 0 amide bonds. The number of rotatable bonds is 4. The van der Waals surface area contributed by atoms with Crippen molar-refractivity contribution in [3.8, 4) is 0 Å². The second kappa shape index (κ2) is 7.29. The number of nitrogens with zero attached hydrogens (tertiary/aromatic N) is 3. The summed E-state index contributed by atoms with van der Waals surface area (Å²) < 4.78 is 0. The van der Waals surface area contributed by atoms with Crippen LogP contribution in [0.15, 0.2) is 48.8 Å². The van der Waals surface area contributed by atoms with Crippen molar-refractivity contribution in [3.05, 3.63) is 70.4 Å². The van der Waals surface area contributed by atoms with Crippen LogP contribution >= 0.6 is 23.2 Å². The highest BCUT2D eigenvalue weighted by Gasteiger charge is 2.04. The molecule has 0 saturated heterocycles.